The fourth-order valence-electron chi connectivity index (χ4n) is 4.29. The van der Waals surface area contributed by atoms with Crippen LogP contribution in [0.4, 0.5) is 0 Å². The van der Waals surface area contributed by atoms with Crippen LogP contribution in [0.15, 0.2) is 21.3 Å². The SMILES string of the molecule is CCCCCCc1c(C)c2ccc(OCC(=O)N3CCC[C@H]3C(=O)O)c(C)c2oc1=O. The number of likely N-dealkylation sites (tertiary alicyclic amines) is 1. The lowest BCUT2D eigenvalue weighted by molar-refractivity contribution is -0.148. The molecule has 0 spiro atoms. The van der Waals surface area contributed by atoms with Gasteiger partial charge in [0.1, 0.15) is 17.4 Å². The number of nitrogens with zero attached hydrogens (tertiary/aromatic N) is 1. The topological polar surface area (TPSA) is 97.1 Å². The van der Waals surface area contributed by atoms with Crippen molar-refractivity contribution >= 4 is 22.8 Å². The summed E-state index contributed by atoms with van der Waals surface area (Å²) in [5, 5.41) is 10.1. The third-order valence-electron chi connectivity index (χ3n) is 6.14. The zero-order valence-corrected chi connectivity index (χ0v) is 18.5. The Hall–Kier alpha value is -2.83. The minimum absolute atomic E-state index is 0.255. The lowest BCUT2D eigenvalue weighted by Gasteiger charge is -2.21. The first-order chi connectivity index (χ1) is 14.8. The molecule has 1 aromatic heterocycles. The second kappa shape index (κ2) is 9.98. The Morgan fingerprint density at radius 2 is 1.97 bits per heavy atom. The van der Waals surface area contributed by atoms with Crippen molar-refractivity contribution in [2.45, 2.75) is 71.8 Å². The summed E-state index contributed by atoms with van der Waals surface area (Å²) in [6.45, 7) is 6.06. The van der Waals surface area contributed by atoms with E-state index in [1.54, 1.807) is 13.0 Å². The summed E-state index contributed by atoms with van der Waals surface area (Å²) in [7, 11) is 0. The number of carboxylic acid groups (broad SMARTS) is 1. The van der Waals surface area contributed by atoms with Crippen LogP contribution < -0.4 is 10.4 Å². The van der Waals surface area contributed by atoms with E-state index in [2.05, 4.69) is 6.92 Å². The summed E-state index contributed by atoms with van der Waals surface area (Å²) in [5.74, 6) is -0.898. The highest BCUT2D eigenvalue weighted by Gasteiger charge is 2.34. The third kappa shape index (κ3) is 4.92. The minimum atomic E-state index is -0.990. The van der Waals surface area contributed by atoms with E-state index in [1.165, 1.54) is 4.90 Å². The minimum Gasteiger partial charge on any atom is -0.483 e. The van der Waals surface area contributed by atoms with Gasteiger partial charge in [-0.05, 0) is 57.2 Å². The number of aryl methyl sites for hydroxylation is 2. The standard InChI is InChI=1S/C24H31NO6/c1-4-5-6-7-9-18-15(2)17-11-12-20(16(3)22(17)31-24(18)29)30-14-21(26)25-13-8-10-19(25)23(27)28/h11-12,19H,4-10,13-14H2,1-3H3,(H,27,28)/t19-/m0/s1. The van der Waals surface area contributed by atoms with Crippen LogP contribution in [0.5, 0.6) is 5.75 Å². The van der Waals surface area contributed by atoms with E-state index in [-0.39, 0.29) is 18.1 Å². The molecule has 1 saturated heterocycles. The summed E-state index contributed by atoms with van der Waals surface area (Å²) < 4.78 is 11.4. The molecule has 0 unspecified atom stereocenters. The van der Waals surface area contributed by atoms with Crippen LogP contribution >= 0.6 is 0 Å². The van der Waals surface area contributed by atoms with Crippen molar-refractivity contribution in [2.24, 2.45) is 0 Å². The fraction of sp³-hybridized carbons (Fsp3) is 0.542. The number of unbranched alkanes of at least 4 members (excludes halogenated alkanes) is 3. The van der Waals surface area contributed by atoms with Crippen molar-refractivity contribution in [3.63, 3.8) is 0 Å². The predicted octanol–water partition coefficient (Wildman–Crippen LogP) is 3.99. The van der Waals surface area contributed by atoms with E-state index in [1.807, 2.05) is 13.0 Å². The number of carbonyl (C=O) groups excluding carboxylic acids is 1. The fourth-order valence-corrected chi connectivity index (χ4v) is 4.29. The molecule has 0 saturated carbocycles. The number of rotatable bonds is 9. The summed E-state index contributed by atoms with van der Waals surface area (Å²) in [6, 6.07) is 2.84. The summed E-state index contributed by atoms with van der Waals surface area (Å²) >= 11 is 0. The molecule has 0 bridgehead atoms. The molecule has 2 aromatic rings. The molecule has 7 nitrogen and oxygen atoms in total. The molecule has 1 fully saturated rings. The Morgan fingerprint density at radius 3 is 2.68 bits per heavy atom. The Morgan fingerprint density at radius 1 is 1.19 bits per heavy atom. The Kier molecular flexibility index (Phi) is 7.36. The smallest absolute Gasteiger partial charge is 0.339 e. The van der Waals surface area contributed by atoms with Crippen LogP contribution in [-0.2, 0) is 16.0 Å². The van der Waals surface area contributed by atoms with Crippen LogP contribution in [0.3, 0.4) is 0 Å². The molecular formula is C24H31NO6. The second-order valence-corrected chi connectivity index (χ2v) is 8.24. The molecule has 3 rings (SSSR count). The van der Waals surface area contributed by atoms with Gasteiger partial charge in [-0.25, -0.2) is 9.59 Å². The number of ether oxygens (including phenoxy) is 1. The number of amides is 1. The van der Waals surface area contributed by atoms with Gasteiger partial charge >= 0.3 is 11.6 Å². The number of aliphatic carboxylic acids is 1. The lowest BCUT2D eigenvalue weighted by atomic mass is 9.99. The molecule has 1 aliphatic heterocycles. The van der Waals surface area contributed by atoms with E-state index in [4.69, 9.17) is 9.15 Å². The number of hydrogen-bond donors (Lipinski definition) is 1. The Labute approximate surface area is 182 Å². The molecule has 0 radical (unpaired) electrons. The van der Waals surface area contributed by atoms with Gasteiger partial charge in [-0.2, -0.15) is 0 Å². The van der Waals surface area contributed by atoms with Crippen molar-refractivity contribution in [3.05, 3.63) is 39.2 Å². The normalized spacial score (nSPS) is 16.1. The zero-order chi connectivity index (χ0) is 22.5. The van der Waals surface area contributed by atoms with Crippen LogP contribution in [0.2, 0.25) is 0 Å². The van der Waals surface area contributed by atoms with E-state index in [0.717, 1.165) is 42.2 Å². The molecular weight excluding hydrogens is 398 g/mol. The summed E-state index contributed by atoms with van der Waals surface area (Å²) in [6.07, 6.45) is 6.18. The first-order valence-electron chi connectivity index (χ1n) is 11.1. The first-order valence-corrected chi connectivity index (χ1v) is 11.1. The molecule has 1 aromatic carbocycles. The van der Waals surface area contributed by atoms with Gasteiger partial charge in [0, 0.05) is 23.1 Å². The predicted molar refractivity (Wildman–Crippen MR) is 118 cm³/mol. The molecule has 2 heterocycles. The third-order valence-corrected chi connectivity index (χ3v) is 6.14. The van der Waals surface area contributed by atoms with Crippen LogP contribution in [0.25, 0.3) is 11.0 Å². The van der Waals surface area contributed by atoms with E-state index < -0.39 is 12.0 Å². The van der Waals surface area contributed by atoms with Gasteiger partial charge in [-0.1, -0.05) is 26.2 Å². The van der Waals surface area contributed by atoms with Crippen molar-refractivity contribution in [1.29, 1.82) is 0 Å². The van der Waals surface area contributed by atoms with Gasteiger partial charge in [0.15, 0.2) is 6.61 Å². The number of hydrogen-bond acceptors (Lipinski definition) is 5. The quantitative estimate of drug-likeness (QED) is 0.478. The van der Waals surface area contributed by atoms with Gasteiger partial charge in [0.25, 0.3) is 5.91 Å². The molecule has 1 N–H and O–H groups in total. The maximum Gasteiger partial charge on any atom is 0.339 e. The van der Waals surface area contributed by atoms with Gasteiger partial charge in [-0.3, -0.25) is 4.79 Å². The van der Waals surface area contributed by atoms with Gasteiger partial charge in [-0.15, -0.1) is 0 Å². The maximum atomic E-state index is 12.6. The molecule has 31 heavy (non-hydrogen) atoms. The monoisotopic (exact) mass is 429 g/mol. The van der Waals surface area contributed by atoms with Crippen molar-refractivity contribution in [3.8, 4) is 5.75 Å². The average molecular weight is 430 g/mol. The van der Waals surface area contributed by atoms with Gasteiger partial charge < -0.3 is 19.2 Å². The lowest BCUT2D eigenvalue weighted by Crippen LogP contribution is -2.42. The van der Waals surface area contributed by atoms with Gasteiger partial charge in [0.05, 0.1) is 0 Å². The van der Waals surface area contributed by atoms with Gasteiger partial charge in [0.2, 0.25) is 0 Å². The maximum absolute atomic E-state index is 12.6. The van der Waals surface area contributed by atoms with Crippen LogP contribution in [0.1, 0.15) is 62.1 Å². The largest absolute Gasteiger partial charge is 0.483 e. The number of carbonyl (C=O) groups is 2. The van der Waals surface area contributed by atoms with E-state index in [9.17, 15) is 19.5 Å². The molecule has 168 valence electrons. The molecule has 1 amide bonds. The highest BCUT2D eigenvalue weighted by molar-refractivity contribution is 5.87. The Bertz CT molecular complexity index is 1020. The Balaban J connectivity index is 1.77. The molecule has 7 heteroatoms. The van der Waals surface area contributed by atoms with Crippen molar-refractivity contribution in [1.82, 2.24) is 4.90 Å². The second-order valence-electron chi connectivity index (χ2n) is 8.24. The summed E-state index contributed by atoms with van der Waals surface area (Å²) in [5.41, 5.74) is 2.45. The van der Waals surface area contributed by atoms with E-state index in [0.29, 0.717) is 42.7 Å². The highest BCUT2D eigenvalue weighted by atomic mass is 16.5. The molecule has 1 aliphatic rings. The van der Waals surface area contributed by atoms with Crippen molar-refractivity contribution < 1.29 is 23.8 Å². The molecule has 1 atom stereocenters. The van der Waals surface area contributed by atoms with Crippen LogP contribution in [0, 0.1) is 13.8 Å². The zero-order valence-electron chi connectivity index (χ0n) is 18.5. The number of benzene rings is 1. The average Bonchev–Trinajstić information content (AvgIpc) is 3.23. The van der Waals surface area contributed by atoms with Crippen LogP contribution in [-0.4, -0.2) is 41.1 Å². The number of carboxylic acids is 1. The first kappa shape index (κ1) is 22.8. The summed E-state index contributed by atoms with van der Waals surface area (Å²) in [4.78, 5) is 37.7. The highest BCUT2D eigenvalue weighted by Crippen LogP contribution is 2.30. The van der Waals surface area contributed by atoms with E-state index >= 15 is 0 Å². The molecule has 0 aliphatic carbocycles. The number of fused-ring (bicyclic) bond motifs is 1. The van der Waals surface area contributed by atoms with Crippen molar-refractivity contribution in [2.75, 3.05) is 13.2 Å².